The van der Waals surface area contributed by atoms with E-state index in [4.69, 9.17) is 0 Å². The third-order valence-corrected chi connectivity index (χ3v) is 5.52. The number of aliphatic hydroxyl groups is 1. The second-order valence-corrected chi connectivity index (χ2v) is 7.64. The second kappa shape index (κ2) is 7.98. The van der Waals surface area contributed by atoms with Gasteiger partial charge in [-0.25, -0.2) is 0 Å². The maximum absolute atomic E-state index is 12.9. The van der Waals surface area contributed by atoms with Crippen LogP contribution in [0.5, 0.6) is 0 Å². The third kappa shape index (κ3) is 4.01. The maximum Gasteiger partial charge on any atom is 0.416 e. The Labute approximate surface area is 160 Å². The molecule has 0 aliphatic heterocycles. The van der Waals surface area contributed by atoms with Gasteiger partial charge in [-0.2, -0.15) is 24.9 Å². The molecule has 3 rings (SSSR count). The van der Waals surface area contributed by atoms with Crippen molar-refractivity contribution in [1.82, 2.24) is 4.98 Å². The van der Waals surface area contributed by atoms with E-state index in [1.165, 1.54) is 17.7 Å². The van der Waals surface area contributed by atoms with Crippen molar-refractivity contribution in [1.29, 1.82) is 0 Å². The zero-order valence-corrected chi connectivity index (χ0v) is 16.0. The lowest BCUT2D eigenvalue weighted by Gasteiger charge is -2.23. The summed E-state index contributed by atoms with van der Waals surface area (Å²) in [6.07, 6.45) is -0.394. The first-order chi connectivity index (χ1) is 12.9. The average Bonchev–Trinajstić information content (AvgIpc) is 3.06. The molecule has 0 radical (unpaired) electrons. The summed E-state index contributed by atoms with van der Waals surface area (Å²) in [5, 5.41) is 10.8. The fourth-order valence-electron chi connectivity index (χ4n) is 3.57. The molecule has 3 aromatic rings. The number of para-hydroxylation sites is 1. The first kappa shape index (κ1) is 19.8. The molecular weight excluding hydrogens is 371 g/mol. The van der Waals surface area contributed by atoms with E-state index in [0.29, 0.717) is 0 Å². The van der Waals surface area contributed by atoms with Crippen molar-refractivity contribution < 1.29 is 18.3 Å². The lowest BCUT2D eigenvalue weighted by atomic mass is 9.81. The van der Waals surface area contributed by atoms with E-state index in [1.54, 1.807) is 11.8 Å². The molecular formula is C21H22F3NOS. The van der Waals surface area contributed by atoms with Crippen LogP contribution in [0.2, 0.25) is 0 Å². The highest BCUT2D eigenvalue weighted by Crippen LogP contribution is 2.38. The predicted octanol–water partition coefficient (Wildman–Crippen LogP) is 5.81. The van der Waals surface area contributed by atoms with Crippen molar-refractivity contribution in [2.75, 3.05) is 12.9 Å². The molecule has 27 heavy (non-hydrogen) atoms. The van der Waals surface area contributed by atoms with E-state index in [1.807, 2.05) is 31.5 Å². The molecule has 2 unspecified atom stereocenters. The molecule has 0 spiro atoms. The van der Waals surface area contributed by atoms with Crippen molar-refractivity contribution >= 4 is 22.7 Å². The van der Waals surface area contributed by atoms with E-state index in [2.05, 4.69) is 11.1 Å². The van der Waals surface area contributed by atoms with E-state index < -0.39 is 11.7 Å². The lowest BCUT2D eigenvalue weighted by Crippen LogP contribution is -2.15. The SMILES string of the molecule is CSCc1cccc2c(C(c3ccc(C(F)(F)F)cc3)C(C)CO)c[nH]c12. The number of nitrogens with one attached hydrogen (secondary N) is 1. The van der Waals surface area contributed by atoms with Gasteiger partial charge in [0.2, 0.25) is 0 Å². The van der Waals surface area contributed by atoms with Crippen LogP contribution in [0, 0.1) is 5.92 Å². The first-order valence-electron chi connectivity index (χ1n) is 8.72. The number of H-pyrrole nitrogens is 1. The molecule has 0 fully saturated rings. The summed E-state index contributed by atoms with van der Waals surface area (Å²) in [6, 6.07) is 11.3. The first-order valence-corrected chi connectivity index (χ1v) is 10.1. The van der Waals surface area contributed by atoms with Crippen molar-refractivity contribution in [3.8, 4) is 0 Å². The maximum atomic E-state index is 12.9. The van der Waals surface area contributed by atoms with Gasteiger partial charge in [-0.05, 0) is 41.0 Å². The number of thioether (sulfide) groups is 1. The van der Waals surface area contributed by atoms with Crippen molar-refractivity contribution in [2.45, 2.75) is 24.8 Å². The Morgan fingerprint density at radius 3 is 2.41 bits per heavy atom. The van der Waals surface area contributed by atoms with Crippen molar-refractivity contribution in [3.63, 3.8) is 0 Å². The minimum absolute atomic E-state index is 0.0527. The Kier molecular flexibility index (Phi) is 5.86. The van der Waals surface area contributed by atoms with Crippen LogP contribution in [0.4, 0.5) is 13.2 Å². The molecule has 1 heterocycles. The molecule has 2 nitrogen and oxygen atoms in total. The quantitative estimate of drug-likeness (QED) is 0.554. The van der Waals surface area contributed by atoms with Gasteiger partial charge in [0.05, 0.1) is 5.56 Å². The summed E-state index contributed by atoms with van der Waals surface area (Å²) in [5.41, 5.74) is 3.33. The zero-order chi connectivity index (χ0) is 19.6. The number of halogens is 3. The molecule has 0 saturated heterocycles. The van der Waals surface area contributed by atoms with Crippen LogP contribution in [0.25, 0.3) is 10.9 Å². The van der Waals surface area contributed by atoms with Crippen LogP contribution in [0.1, 0.15) is 35.1 Å². The number of benzene rings is 2. The van der Waals surface area contributed by atoms with E-state index in [-0.39, 0.29) is 18.4 Å². The summed E-state index contributed by atoms with van der Waals surface area (Å²) < 4.78 is 38.7. The van der Waals surface area contributed by atoms with Crippen LogP contribution in [-0.2, 0) is 11.9 Å². The summed E-state index contributed by atoms with van der Waals surface area (Å²) >= 11 is 1.73. The number of aliphatic hydroxyl groups excluding tert-OH is 1. The van der Waals surface area contributed by atoms with Crippen LogP contribution in [0.15, 0.2) is 48.7 Å². The minimum atomic E-state index is -4.36. The summed E-state index contributed by atoms with van der Waals surface area (Å²) in [5.74, 6) is 0.540. The van der Waals surface area contributed by atoms with Crippen LogP contribution < -0.4 is 0 Å². The highest BCUT2D eigenvalue weighted by atomic mass is 32.2. The Morgan fingerprint density at radius 2 is 1.81 bits per heavy atom. The van der Waals surface area contributed by atoms with Gasteiger partial charge in [-0.3, -0.25) is 0 Å². The number of hydrogen-bond donors (Lipinski definition) is 2. The smallest absolute Gasteiger partial charge is 0.396 e. The number of aromatic nitrogens is 1. The Hall–Kier alpha value is -1.92. The van der Waals surface area contributed by atoms with Crippen molar-refractivity contribution in [3.05, 3.63) is 70.9 Å². The molecule has 2 N–H and O–H groups in total. The normalized spacial score (nSPS) is 14.4. The Morgan fingerprint density at radius 1 is 1.11 bits per heavy atom. The third-order valence-electron chi connectivity index (χ3n) is 4.92. The van der Waals surface area contributed by atoms with Gasteiger partial charge in [0.25, 0.3) is 0 Å². The van der Waals surface area contributed by atoms with Crippen LogP contribution >= 0.6 is 11.8 Å². The molecule has 0 aliphatic carbocycles. The minimum Gasteiger partial charge on any atom is -0.396 e. The van der Waals surface area contributed by atoms with Crippen LogP contribution in [0.3, 0.4) is 0 Å². The molecule has 0 amide bonds. The molecule has 0 saturated carbocycles. The van der Waals surface area contributed by atoms with Gasteiger partial charge in [-0.15, -0.1) is 0 Å². The Bertz CT molecular complexity index is 902. The van der Waals surface area contributed by atoms with E-state index >= 15 is 0 Å². The van der Waals surface area contributed by atoms with Crippen LogP contribution in [-0.4, -0.2) is 23.0 Å². The number of alkyl halides is 3. The lowest BCUT2D eigenvalue weighted by molar-refractivity contribution is -0.137. The summed E-state index contributed by atoms with van der Waals surface area (Å²) in [6.45, 7) is 1.86. The zero-order valence-electron chi connectivity index (χ0n) is 15.2. The fraction of sp³-hybridized carbons (Fsp3) is 0.333. The van der Waals surface area contributed by atoms with Gasteiger partial charge in [0.15, 0.2) is 0 Å². The highest BCUT2D eigenvalue weighted by molar-refractivity contribution is 7.97. The molecule has 2 atom stereocenters. The second-order valence-electron chi connectivity index (χ2n) is 6.77. The number of hydrogen-bond acceptors (Lipinski definition) is 2. The van der Waals surface area contributed by atoms with Gasteiger partial charge < -0.3 is 10.1 Å². The van der Waals surface area contributed by atoms with Crippen molar-refractivity contribution in [2.24, 2.45) is 5.92 Å². The summed E-state index contributed by atoms with van der Waals surface area (Å²) in [4.78, 5) is 3.33. The molecule has 2 aromatic carbocycles. The van der Waals surface area contributed by atoms with E-state index in [9.17, 15) is 18.3 Å². The van der Waals surface area contributed by atoms with Gasteiger partial charge in [0.1, 0.15) is 0 Å². The molecule has 0 aliphatic rings. The van der Waals surface area contributed by atoms with Gasteiger partial charge >= 0.3 is 6.18 Å². The molecule has 6 heteroatoms. The largest absolute Gasteiger partial charge is 0.416 e. The summed E-state index contributed by atoms with van der Waals surface area (Å²) in [7, 11) is 0. The fourth-order valence-corrected chi connectivity index (χ4v) is 4.12. The van der Waals surface area contributed by atoms with E-state index in [0.717, 1.165) is 39.9 Å². The monoisotopic (exact) mass is 393 g/mol. The van der Waals surface area contributed by atoms with Gasteiger partial charge in [0, 0.05) is 35.4 Å². The number of rotatable bonds is 6. The predicted molar refractivity (Wildman–Crippen MR) is 105 cm³/mol. The van der Waals surface area contributed by atoms with Gasteiger partial charge in [-0.1, -0.05) is 37.3 Å². The Balaban J connectivity index is 2.09. The number of fused-ring (bicyclic) bond motifs is 1. The average molecular weight is 393 g/mol. The highest BCUT2D eigenvalue weighted by Gasteiger charge is 2.31. The number of aromatic amines is 1. The molecule has 1 aromatic heterocycles. The standard InChI is InChI=1S/C21H22F3NOS/c1-13(11-26)19(14-6-8-16(9-7-14)21(22,23)24)18-10-25-20-15(12-27-2)4-3-5-17(18)20/h3-10,13,19,25-26H,11-12H2,1-2H3. The molecule has 144 valence electrons. The topological polar surface area (TPSA) is 36.0 Å². The molecule has 0 bridgehead atoms.